The number of amides is 1. The fourth-order valence-corrected chi connectivity index (χ4v) is 2.47. The highest BCUT2D eigenvalue weighted by Gasteiger charge is 2.30. The number of hydrogen-bond donors (Lipinski definition) is 2. The summed E-state index contributed by atoms with van der Waals surface area (Å²) >= 11 is 0. The maximum atomic E-state index is 12.3. The number of carboxylic acids is 1. The summed E-state index contributed by atoms with van der Waals surface area (Å²) in [4.78, 5) is 24.6. The zero-order valence-corrected chi connectivity index (χ0v) is 10.9. The van der Waals surface area contributed by atoms with Crippen LogP contribution in [-0.2, 0) is 4.79 Å². The summed E-state index contributed by atoms with van der Waals surface area (Å²) in [6.45, 7) is 0. The second-order valence-electron chi connectivity index (χ2n) is 5.02. The van der Waals surface area contributed by atoms with Gasteiger partial charge in [0.25, 0.3) is 0 Å². The van der Waals surface area contributed by atoms with E-state index in [0.717, 1.165) is 19.3 Å². The Hall–Kier alpha value is -1.88. The average molecular weight is 262 g/mol. The van der Waals surface area contributed by atoms with Crippen LogP contribution >= 0.6 is 0 Å². The topological polar surface area (TPSA) is 83.6 Å². The van der Waals surface area contributed by atoms with E-state index in [9.17, 15) is 9.59 Å². The van der Waals surface area contributed by atoms with E-state index in [-0.39, 0.29) is 23.4 Å². The molecule has 5 heteroatoms. The maximum Gasteiger partial charge on any atom is 0.335 e. The number of hydrogen-bond acceptors (Lipinski definition) is 3. The monoisotopic (exact) mass is 262 g/mol. The molecule has 1 aliphatic rings. The number of aromatic carboxylic acids is 1. The molecule has 5 nitrogen and oxygen atoms in total. The molecule has 0 bridgehead atoms. The van der Waals surface area contributed by atoms with Crippen LogP contribution in [0.3, 0.4) is 0 Å². The predicted molar refractivity (Wildman–Crippen MR) is 72.1 cm³/mol. The highest BCUT2D eigenvalue weighted by Crippen LogP contribution is 2.27. The fraction of sp³-hybridized carbons (Fsp3) is 0.429. The normalized spacial score (nSPS) is 22.2. The van der Waals surface area contributed by atoms with Crippen LogP contribution in [0.2, 0.25) is 0 Å². The molecule has 0 saturated heterocycles. The van der Waals surface area contributed by atoms with Gasteiger partial charge < -0.3 is 15.7 Å². The highest BCUT2D eigenvalue weighted by molar-refractivity contribution is 5.95. The lowest BCUT2D eigenvalue weighted by molar-refractivity contribution is -0.121. The van der Waals surface area contributed by atoms with Crippen molar-refractivity contribution >= 4 is 17.6 Å². The average Bonchev–Trinajstić information content (AvgIpc) is 2.84. The van der Waals surface area contributed by atoms with Gasteiger partial charge in [-0.1, -0.05) is 0 Å². The van der Waals surface area contributed by atoms with Crippen LogP contribution < -0.4 is 10.6 Å². The SMILES string of the molecule is CN(C(=O)C1CCC(N)C1)c1ccc(C(=O)O)cc1. The summed E-state index contributed by atoms with van der Waals surface area (Å²) in [6, 6.07) is 6.42. The van der Waals surface area contributed by atoms with Crippen LogP contribution in [0.4, 0.5) is 5.69 Å². The molecule has 0 aromatic heterocycles. The molecule has 0 radical (unpaired) electrons. The van der Waals surface area contributed by atoms with Gasteiger partial charge in [-0.2, -0.15) is 0 Å². The molecule has 2 unspecified atom stereocenters. The van der Waals surface area contributed by atoms with Crippen molar-refractivity contribution in [3.05, 3.63) is 29.8 Å². The van der Waals surface area contributed by atoms with Gasteiger partial charge in [0, 0.05) is 24.7 Å². The van der Waals surface area contributed by atoms with E-state index in [4.69, 9.17) is 10.8 Å². The van der Waals surface area contributed by atoms with Gasteiger partial charge in [-0.3, -0.25) is 4.79 Å². The first-order chi connectivity index (χ1) is 8.99. The molecule has 1 amide bonds. The maximum absolute atomic E-state index is 12.3. The minimum absolute atomic E-state index is 0.0147. The van der Waals surface area contributed by atoms with Gasteiger partial charge in [-0.05, 0) is 43.5 Å². The van der Waals surface area contributed by atoms with E-state index >= 15 is 0 Å². The first-order valence-electron chi connectivity index (χ1n) is 6.35. The van der Waals surface area contributed by atoms with Crippen molar-refractivity contribution in [3.8, 4) is 0 Å². The third kappa shape index (κ3) is 2.93. The number of rotatable bonds is 3. The van der Waals surface area contributed by atoms with Crippen molar-refractivity contribution in [2.24, 2.45) is 11.7 Å². The lowest BCUT2D eigenvalue weighted by Crippen LogP contribution is -2.32. The number of nitrogens with two attached hydrogens (primary N) is 1. The molecule has 2 atom stereocenters. The quantitative estimate of drug-likeness (QED) is 0.864. The summed E-state index contributed by atoms with van der Waals surface area (Å²) in [7, 11) is 1.71. The molecule has 1 aromatic carbocycles. The van der Waals surface area contributed by atoms with Gasteiger partial charge in [0.05, 0.1) is 5.56 Å². The van der Waals surface area contributed by atoms with Crippen LogP contribution in [-0.4, -0.2) is 30.1 Å². The number of carboxylic acid groups (broad SMARTS) is 1. The van der Waals surface area contributed by atoms with Crippen LogP contribution in [0.1, 0.15) is 29.6 Å². The Morgan fingerprint density at radius 1 is 1.26 bits per heavy atom. The Kier molecular flexibility index (Phi) is 3.85. The largest absolute Gasteiger partial charge is 0.478 e. The molecular weight excluding hydrogens is 244 g/mol. The highest BCUT2D eigenvalue weighted by atomic mass is 16.4. The van der Waals surface area contributed by atoms with Crippen LogP contribution in [0.25, 0.3) is 0 Å². The second kappa shape index (κ2) is 5.40. The minimum Gasteiger partial charge on any atom is -0.478 e. The molecule has 0 heterocycles. The first kappa shape index (κ1) is 13.5. The Bertz CT molecular complexity index is 484. The van der Waals surface area contributed by atoms with Gasteiger partial charge in [0.15, 0.2) is 0 Å². The standard InChI is InChI=1S/C14H18N2O3/c1-16(13(17)10-2-5-11(15)8-10)12-6-3-9(4-7-12)14(18)19/h3-4,6-7,10-11H,2,5,8,15H2,1H3,(H,18,19). The lowest BCUT2D eigenvalue weighted by Gasteiger charge is -2.21. The number of anilines is 1. The van der Waals surface area contributed by atoms with Crippen LogP contribution in [0.15, 0.2) is 24.3 Å². The van der Waals surface area contributed by atoms with E-state index < -0.39 is 5.97 Å². The molecule has 1 fully saturated rings. The third-order valence-corrected chi connectivity index (χ3v) is 3.65. The zero-order valence-electron chi connectivity index (χ0n) is 10.9. The van der Waals surface area contributed by atoms with Crippen molar-refractivity contribution in [2.75, 3.05) is 11.9 Å². The summed E-state index contributed by atoms with van der Waals surface area (Å²) in [5, 5.41) is 8.83. The zero-order chi connectivity index (χ0) is 14.0. The Labute approximate surface area is 112 Å². The van der Waals surface area contributed by atoms with Gasteiger partial charge in [-0.15, -0.1) is 0 Å². The van der Waals surface area contributed by atoms with E-state index in [1.807, 2.05) is 0 Å². The van der Waals surface area contributed by atoms with Crippen molar-refractivity contribution in [3.63, 3.8) is 0 Å². The molecule has 2 rings (SSSR count). The summed E-state index contributed by atoms with van der Waals surface area (Å²) in [5.41, 5.74) is 6.74. The Morgan fingerprint density at radius 2 is 1.89 bits per heavy atom. The Balaban J connectivity index is 2.08. The van der Waals surface area contributed by atoms with Crippen molar-refractivity contribution in [1.82, 2.24) is 0 Å². The van der Waals surface area contributed by atoms with E-state index in [1.54, 1.807) is 24.1 Å². The van der Waals surface area contributed by atoms with Crippen LogP contribution in [0.5, 0.6) is 0 Å². The molecule has 19 heavy (non-hydrogen) atoms. The van der Waals surface area contributed by atoms with Gasteiger partial charge in [0.1, 0.15) is 0 Å². The van der Waals surface area contributed by atoms with Crippen molar-refractivity contribution in [2.45, 2.75) is 25.3 Å². The van der Waals surface area contributed by atoms with Crippen LogP contribution in [0, 0.1) is 5.92 Å². The molecule has 1 aromatic rings. The number of carbonyl (C=O) groups excluding carboxylic acids is 1. The first-order valence-corrected chi connectivity index (χ1v) is 6.35. The molecule has 1 saturated carbocycles. The summed E-state index contributed by atoms with van der Waals surface area (Å²) in [6.07, 6.45) is 2.45. The molecule has 1 aliphatic carbocycles. The van der Waals surface area contributed by atoms with E-state index in [0.29, 0.717) is 5.69 Å². The second-order valence-corrected chi connectivity index (χ2v) is 5.02. The number of carbonyl (C=O) groups is 2. The molecule has 102 valence electrons. The van der Waals surface area contributed by atoms with E-state index in [1.165, 1.54) is 12.1 Å². The van der Waals surface area contributed by atoms with Gasteiger partial charge >= 0.3 is 5.97 Å². The molecule has 3 N–H and O–H groups in total. The number of benzene rings is 1. The van der Waals surface area contributed by atoms with Crippen molar-refractivity contribution in [1.29, 1.82) is 0 Å². The molecule has 0 spiro atoms. The summed E-state index contributed by atoms with van der Waals surface area (Å²) in [5.74, 6) is -0.933. The third-order valence-electron chi connectivity index (χ3n) is 3.65. The smallest absolute Gasteiger partial charge is 0.335 e. The molecular formula is C14H18N2O3. The van der Waals surface area contributed by atoms with Crippen molar-refractivity contribution < 1.29 is 14.7 Å². The molecule has 0 aliphatic heterocycles. The predicted octanol–water partition coefficient (Wildman–Crippen LogP) is 1.47. The van der Waals surface area contributed by atoms with Gasteiger partial charge in [-0.25, -0.2) is 4.79 Å². The minimum atomic E-state index is -0.970. The summed E-state index contributed by atoms with van der Waals surface area (Å²) < 4.78 is 0. The van der Waals surface area contributed by atoms with Gasteiger partial charge in [0.2, 0.25) is 5.91 Å². The number of nitrogens with zero attached hydrogens (tertiary/aromatic N) is 1. The fourth-order valence-electron chi connectivity index (χ4n) is 2.47. The lowest BCUT2D eigenvalue weighted by atomic mass is 10.1. The van der Waals surface area contributed by atoms with E-state index in [2.05, 4.69) is 0 Å². The Morgan fingerprint density at radius 3 is 2.37 bits per heavy atom.